The van der Waals surface area contributed by atoms with E-state index in [1.165, 1.54) is 7.05 Å². The molecular weight excluding hydrogens is 225 g/mol. The van der Waals surface area contributed by atoms with E-state index in [2.05, 4.69) is 5.32 Å². The molecule has 14 heavy (non-hydrogen) atoms. The van der Waals surface area contributed by atoms with Crippen LogP contribution in [0.25, 0.3) is 0 Å². The Balaban J connectivity index is 2.71. The minimum Gasteiger partial charge on any atom is -0.445 e. The van der Waals surface area contributed by atoms with Gasteiger partial charge in [-0.2, -0.15) is 0 Å². The number of amides is 1. The zero-order valence-electron chi connectivity index (χ0n) is 7.51. The van der Waals surface area contributed by atoms with Crippen LogP contribution in [0.3, 0.4) is 0 Å². The smallest absolute Gasteiger partial charge is 0.407 e. The first-order valence-corrected chi connectivity index (χ1v) is 4.68. The van der Waals surface area contributed by atoms with Crippen LogP contribution < -0.4 is 5.32 Å². The quantitative estimate of drug-likeness (QED) is 0.854. The number of nitrogens with one attached hydrogen (secondary N) is 1. The van der Waals surface area contributed by atoms with Crippen LogP contribution in [0.2, 0.25) is 10.0 Å². The van der Waals surface area contributed by atoms with Crippen LogP contribution in [0.15, 0.2) is 18.2 Å². The van der Waals surface area contributed by atoms with E-state index in [1.807, 2.05) is 0 Å². The Morgan fingerprint density at radius 2 is 2.00 bits per heavy atom. The average Bonchev–Trinajstić information content (AvgIpc) is 2.16. The van der Waals surface area contributed by atoms with Gasteiger partial charge in [-0.25, -0.2) is 4.79 Å². The SMILES string of the molecule is CNC(=O)OCc1c(Cl)cccc1Cl. The fourth-order valence-electron chi connectivity index (χ4n) is 0.880. The van der Waals surface area contributed by atoms with Crippen molar-refractivity contribution in [3.63, 3.8) is 0 Å². The molecule has 0 saturated carbocycles. The predicted octanol–water partition coefficient (Wildman–Crippen LogP) is 2.85. The molecule has 1 aromatic rings. The second kappa shape index (κ2) is 5.08. The summed E-state index contributed by atoms with van der Waals surface area (Å²) in [7, 11) is 1.48. The van der Waals surface area contributed by atoms with Crippen molar-refractivity contribution in [2.75, 3.05) is 7.05 Å². The number of carbonyl (C=O) groups is 1. The topological polar surface area (TPSA) is 38.3 Å². The third-order valence-electron chi connectivity index (χ3n) is 1.61. The molecule has 0 bridgehead atoms. The Kier molecular flexibility index (Phi) is 4.04. The van der Waals surface area contributed by atoms with Crippen molar-refractivity contribution in [3.8, 4) is 0 Å². The molecule has 0 unspecified atom stereocenters. The molecule has 0 fully saturated rings. The zero-order chi connectivity index (χ0) is 10.6. The van der Waals surface area contributed by atoms with Gasteiger partial charge >= 0.3 is 6.09 Å². The molecule has 0 aliphatic rings. The highest BCUT2D eigenvalue weighted by molar-refractivity contribution is 6.35. The van der Waals surface area contributed by atoms with Crippen LogP contribution in [0.5, 0.6) is 0 Å². The number of hydrogen-bond acceptors (Lipinski definition) is 2. The van der Waals surface area contributed by atoms with Gasteiger partial charge in [0.2, 0.25) is 0 Å². The van der Waals surface area contributed by atoms with Crippen LogP contribution in [0.4, 0.5) is 4.79 Å². The summed E-state index contributed by atoms with van der Waals surface area (Å²) in [6.07, 6.45) is -0.513. The first kappa shape index (κ1) is 11.1. The van der Waals surface area contributed by atoms with Crippen molar-refractivity contribution < 1.29 is 9.53 Å². The summed E-state index contributed by atoms with van der Waals surface area (Å²) in [5.41, 5.74) is 0.611. The normalized spacial score (nSPS) is 9.64. The van der Waals surface area contributed by atoms with E-state index in [0.717, 1.165) is 0 Å². The molecule has 0 spiro atoms. The Hall–Kier alpha value is -0.930. The molecule has 0 atom stereocenters. The predicted molar refractivity (Wildman–Crippen MR) is 55.7 cm³/mol. The molecule has 0 aliphatic carbocycles. The van der Waals surface area contributed by atoms with Gasteiger partial charge in [0.05, 0.1) is 0 Å². The standard InChI is InChI=1S/C9H9Cl2NO2/c1-12-9(13)14-5-6-7(10)3-2-4-8(6)11/h2-4H,5H2,1H3,(H,12,13). The van der Waals surface area contributed by atoms with Crippen molar-refractivity contribution in [1.29, 1.82) is 0 Å². The van der Waals surface area contributed by atoms with Gasteiger partial charge in [-0.05, 0) is 12.1 Å². The van der Waals surface area contributed by atoms with E-state index in [9.17, 15) is 4.79 Å². The Bertz CT molecular complexity index is 321. The fourth-order valence-corrected chi connectivity index (χ4v) is 1.39. The lowest BCUT2D eigenvalue weighted by Crippen LogP contribution is -2.19. The van der Waals surface area contributed by atoms with Crippen LogP contribution in [0.1, 0.15) is 5.56 Å². The van der Waals surface area contributed by atoms with Gasteiger partial charge in [-0.3, -0.25) is 0 Å². The molecule has 1 rings (SSSR count). The van der Waals surface area contributed by atoms with Crippen molar-refractivity contribution >= 4 is 29.3 Å². The molecule has 0 saturated heterocycles. The highest BCUT2D eigenvalue weighted by Gasteiger charge is 2.07. The van der Waals surface area contributed by atoms with Crippen molar-refractivity contribution in [3.05, 3.63) is 33.8 Å². The van der Waals surface area contributed by atoms with Crippen molar-refractivity contribution in [2.24, 2.45) is 0 Å². The number of carbonyl (C=O) groups excluding carboxylic acids is 1. The number of rotatable bonds is 2. The van der Waals surface area contributed by atoms with Crippen molar-refractivity contribution in [2.45, 2.75) is 6.61 Å². The molecule has 5 heteroatoms. The molecule has 0 aliphatic heterocycles. The Morgan fingerprint density at radius 3 is 2.50 bits per heavy atom. The summed E-state index contributed by atoms with van der Waals surface area (Å²) in [6, 6.07) is 5.11. The van der Waals surface area contributed by atoms with Gasteiger partial charge in [0.15, 0.2) is 0 Å². The molecule has 1 amide bonds. The molecule has 0 radical (unpaired) electrons. The first-order chi connectivity index (χ1) is 6.65. The lowest BCUT2D eigenvalue weighted by atomic mass is 10.2. The number of hydrogen-bond donors (Lipinski definition) is 1. The molecule has 1 aromatic carbocycles. The highest BCUT2D eigenvalue weighted by Crippen LogP contribution is 2.24. The summed E-state index contributed by atoms with van der Waals surface area (Å²) in [5, 5.41) is 3.30. The third-order valence-corrected chi connectivity index (χ3v) is 2.32. The zero-order valence-corrected chi connectivity index (χ0v) is 9.02. The van der Waals surface area contributed by atoms with Gasteiger partial charge in [-0.15, -0.1) is 0 Å². The Labute approximate surface area is 92.0 Å². The number of halogens is 2. The second-order valence-electron chi connectivity index (χ2n) is 2.53. The number of benzene rings is 1. The van der Waals surface area contributed by atoms with E-state index < -0.39 is 6.09 Å². The molecule has 3 nitrogen and oxygen atoms in total. The molecular formula is C9H9Cl2NO2. The van der Waals surface area contributed by atoms with Crippen LogP contribution in [0, 0.1) is 0 Å². The maximum atomic E-state index is 10.8. The van der Waals surface area contributed by atoms with Gasteiger partial charge in [0, 0.05) is 22.7 Å². The maximum absolute atomic E-state index is 10.8. The maximum Gasteiger partial charge on any atom is 0.407 e. The lowest BCUT2D eigenvalue weighted by Gasteiger charge is -2.07. The molecule has 76 valence electrons. The largest absolute Gasteiger partial charge is 0.445 e. The monoisotopic (exact) mass is 233 g/mol. The highest BCUT2D eigenvalue weighted by atomic mass is 35.5. The summed E-state index contributed by atoms with van der Waals surface area (Å²) in [5.74, 6) is 0. The van der Waals surface area contributed by atoms with Crippen molar-refractivity contribution in [1.82, 2.24) is 5.32 Å². The number of ether oxygens (including phenoxy) is 1. The van der Waals surface area contributed by atoms with Gasteiger partial charge in [0.1, 0.15) is 6.61 Å². The lowest BCUT2D eigenvalue weighted by molar-refractivity contribution is 0.142. The van der Waals surface area contributed by atoms with Crippen LogP contribution in [-0.2, 0) is 11.3 Å². The summed E-state index contributed by atoms with van der Waals surface area (Å²) in [4.78, 5) is 10.8. The van der Waals surface area contributed by atoms with E-state index in [-0.39, 0.29) is 6.61 Å². The van der Waals surface area contributed by atoms with E-state index in [4.69, 9.17) is 27.9 Å². The Morgan fingerprint density at radius 1 is 1.43 bits per heavy atom. The minimum absolute atomic E-state index is 0.0676. The average molecular weight is 234 g/mol. The second-order valence-corrected chi connectivity index (χ2v) is 3.34. The molecule has 1 N–H and O–H groups in total. The first-order valence-electron chi connectivity index (χ1n) is 3.92. The van der Waals surface area contributed by atoms with Gasteiger partial charge in [-0.1, -0.05) is 29.3 Å². The summed E-state index contributed by atoms with van der Waals surface area (Å²) >= 11 is 11.7. The molecule has 0 heterocycles. The fraction of sp³-hybridized carbons (Fsp3) is 0.222. The van der Waals surface area contributed by atoms with E-state index in [0.29, 0.717) is 15.6 Å². The van der Waals surface area contributed by atoms with Gasteiger partial charge < -0.3 is 10.1 Å². The third kappa shape index (κ3) is 2.79. The van der Waals surface area contributed by atoms with Gasteiger partial charge in [0.25, 0.3) is 0 Å². The van der Waals surface area contributed by atoms with E-state index >= 15 is 0 Å². The van der Waals surface area contributed by atoms with Crippen LogP contribution in [-0.4, -0.2) is 13.1 Å². The molecule has 0 aromatic heterocycles. The minimum atomic E-state index is -0.513. The number of alkyl carbamates (subject to hydrolysis) is 1. The van der Waals surface area contributed by atoms with E-state index in [1.54, 1.807) is 18.2 Å². The summed E-state index contributed by atoms with van der Waals surface area (Å²) < 4.78 is 4.82. The summed E-state index contributed by atoms with van der Waals surface area (Å²) in [6.45, 7) is 0.0676. The van der Waals surface area contributed by atoms with Crippen LogP contribution >= 0.6 is 23.2 Å².